The van der Waals surface area contributed by atoms with Gasteiger partial charge in [0.25, 0.3) is 0 Å². The Hall–Kier alpha value is -1.36. The van der Waals surface area contributed by atoms with Gasteiger partial charge in [-0.1, -0.05) is 6.07 Å². The maximum absolute atomic E-state index is 11.1. The Morgan fingerprint density at radius 2 is 2.40 bits per heavy atom. The molecule has 0 aliphatic rings. The number of hydrogen-bond acceptors (Lipinski definition) is 3. The zero-order chi connectivity index (χ0) is 10.8. The molecule has 4 nitrogen and oxygen atoms in total. The van der Waals surface area contributed by atoms with E-state index in [2.05, 4.69) is 25.7 Å². The predicted octanol–water partition coefficient (Wildman–Crippen LogP) is 1.97. The van der Waals surface area contributed by atoms with E-state index in [1.165, 1.54) is 7.11 Å². The van der Waals surface area contributed by atoms with Gasteiger partial charge in [-0.15, -0.1) is 0 Å². The van der Waals surface area contributed by atoms with Crippen molar-refractivity contribution in [1.82, 2.24) is 9.55 Å². The van der Waals surface area contributed by atoms with Crippen molar-refractivity contribution >= 4 is 32.9 Å². The van der Waals surface area contributed by atoms with Crippen LogP contribution in [0.25, 0.3) is 11.0 Å². The summed E-state index contributed by atoms with van der Waals surface area (Å²) in [6.45, 7) is 0.184. The molecule has 0 saturated carbocycles. The first-order valence-corrected chi connectivity index (χ1v) is 5.18. The van der Waals surface area contributed by atoms with E-state index in [-0.39, 0.29) is 12.5 Å². The highest BCUT2D eigenvalue weighted by Crippen LogP contribution is 2.21. The van der Waals surface area contributed by atoms with E-state index in [9.17, 15) is 4.79 Å². The Morgan fingerprint density at radius 1 is 1.60 bits per heavy atom. The van der Waals surface area contributed by atoms with Crippen LogP contribution in [0.3, 0.4) is 0 Å². The van der Waals surface area contributed by atoms with Gasteiger partial charge in [-0.3, -0.25) is 4.79 Å². The van der Waals surface area contributed by atoms with Crippen LogP contribution in [0.2, 0.25) is 0 Å². The summed E-state index contributed by atoms with van der Waals surface area (Å²) < 4.78 is 7.28. The average Bonchev–Trinajstić information content (AvgIpc) is 2.63. The molecule has 78 valence electrons. The molecular weight excluding hydrogens is 260 g/mol. The Bertz CT molecular complexity index is 507. The molecule has 1 aromatic carbocycles. The van der Waals surface area contributed by atoms with Gasteiger partial charge in [0.15, 0.2) is 0 Å². The van der Waals surface area contributed by atoms with Crippen molar-refractivity contribution in [2.24, 2.45) is 0 Å². The third-order valence-corrected chi connectivity index (χ3v) is 2.77. The quantitative estimate of drug-likeness (QED) is 0.783. The van der Waals surface area contributed by atoms with Crippen molar-refractivity contribution in [3.8, 4) is 0 Å². The highest BCUT2D eigenvalue weighted by molar-refractivity contribution is 9.10. The third-order valence-electron chi connectivity index (χ3n) is 2.13. The fourth-order valence-corrected chi connectivity index (χ4v) is 1.84. The molecule has 1 aromatic heterocycles. The largest absolute Gasteiger partial charge is 0.468 e. The van der Waals surface area contributed by atoms with Gasteiger partial charge in [-0.05, 0) is 28.1 Å². The SMILES string of the molecule is COC(=O)Cn1cnc2c(Br)cccc21. The van der Waals surface area contributed by atoms with Gasteiger partial charge in [0.1, 0.15) is 12.1 Å². The smallest absolute Gasteiger partial charge is 0.325 e. The second-order valence-corrected chi connectivity index (χ2v) is 3.91. The van der Waals surface area contributed by atoms with Gasteiger partial charge in [0, 0.05) is 4.47 Å². The Morgan fingerprint density at radius 3 is 3.13 bits per heavy atom. The van der Waals surface area contributed by atoms with E-state index in [1.54, 1.807) is 10.9 Å². The van der Waals surface area contributed by atoms with Crippen LogP contribution < -0.4 is 0 Å². The highest BCUT2D eigenvalue weighted by atomic mass is 79.9. The van der Waals surface area contributed by atoms with Crippen LogP contribution in [-0.2, 0) is 16.1 Å². The number of benzene rings is 1. The normalized spacial score (nSPS) is 10.5. The molecule has 2 rings (SSSR count). The van der Waals surface area contributed by atoms with Crippen LogP contribution in [0.15, 0.2) is 29.0 Å². The van der Waals surface area contributed by atoms with Crippen molar-refractivity contribution in [1.29, 1.82) is 0 Å². The van der Waals surface area contributed by atoms with Gasteiger partial charge in [0.2, 0.25) is 0 Å². The summed E-state index contributed by atoms with van der Waals surface area (Å²) in [4.78, 5) is 15.3. The van der Waals surface area contributed by atoms with E-state index in [0.717, 1.165) is 15.5 Å². The van der Waals surface area contributed by atoms with Crippen molar-refractivity contribution < 1.29 is 9.53 Å². The monoisotopic (exact) mass is 268 g/mol. The number of hydrogen-bond donors (Lipinski definition) is 0. The second-order valence-electron chi connectivity index (χ2n) is 3.06. The summed E-state index contributed by atoms with van der Waals surface area (Å²) in [5.41, 5.74) is 1.76. The minimum absolute atomic E-state index is 0.184. The maximum Gasteiger partial charge on any atom is 0.325 e. The number of carbonyl (C=O) groups is 1. The van der Waals surface area contributed by atoms with E-state index >= 15 is 0 Å². The van der Waals surface area contributed by atoms with Gasteiger partial charge in [-0.2, -0.15) is 0 Å². The topological polar surface area (TPSA) is 44.1 Å². The van der Waals surface area contributed by atoms with E-state index in [1.807, 2.05) is 18.2 Å². The first-order valence-electron chi connectivity index (χ1n) is 4.38. The van der Waals surface area contributed by atoms with Gasteiger partial charge in [-0.25, -0.2) is 4.98 Å². The van der Waals surface area contributed by atoms with Crippen LogP contribution in [0.1, 0.15) is 0 Å². The lowest BCUT2D eigenvalue weighted by atomic mass is 10.3. The molecule has 0 atom stereocenters. The summed E-state index contributed by atoms with van der Waals surface area (Å²) >= 11 is 3.40. The summed E-state index contributed by atoms with van der Waals surface area (Å²) in [6.07, 6.45) is 1.63. The van der Waals surface area contributed by atoms with E-state index in [0.29, 0.717) is 0 Å². The number of ether oxygens (including phenoxy) is 1. The van der Waals surface area contributed by atoms with Gasteiger partial charge < -0.3 is 9.30 Å². The van der Waals surface area contributed by atoms with Crippen molar-refractivity contribution in [3.05, 3.63) is 29.0 Å². The molecule has 1 heterocycles. The fourth-order valence-electron chi connectivity index (χ4n) is 1.38. The summed E-state index contributed by atoms with van der Waals surface area (Å²) in [5, 5.41) is 0. The number of esters is 1. The summed E-state index contributed by atoms with van der Waals surface area (Å²) in [7, 11) is 1.37. The Balaban J connectivity index is 2.45. The van der Waals surface area contributed by atoms with Crippen LogP contribution in [0, 0.1) is 0 Å². The standard InChI is InChI=1S/C10H9BrN2O2/c1-15-9(14)5-13-6-12-10-7(11)3-2-4-8(10)13/h2-4,6H,5H2,1H3. The summed E-state index contributed by atoms with van der Waals surface area (Å²) in [5.74, 6) is -0.283. The van der Waals surface area contributed by atoms with Crippen LogP contribution >= 0.6 is 15.9 Å². The summed E-state index contributed by atoms with van der Waals surface area (Å²) in [6, 6.07) is 5.73. The molecule has 15 heavy (non-hydrogen) atoms. The van der Waals surface area contributed by atoms with Crippen LogP contribution in [0.5, 0.6) is 0 Å². The maximum atomic E-state index is 11.1. The number of carbonyl (C=O) groups excluding carboxylic acids is 1. The minimum Gasteiger partial charge on any atom is -0.468 e. The molecule has 0 N–H and O–H groups in total. The number of nitrogens with zero attached hydrogens (tertiary/aromatic N) is 2. The highest BCUT2D eigenvalue weighted by Gasteiger charge is 2.08. The molecule has 0 radical (unpaired) electrons. The fraction of sp³-hybridized carbons (Fsp3) is 0.200. The van der Waals surface area contributed by atoms with Gasteiger partial charge >= 0.3 is 5.97 Å². The number of imidazole rings is 1. The second kappa shape index (κ2) is 4.02. The molecule has 0 aliphatic heterocycles. The van der Waals surface area contributed by atoms with Crippen molar-refractivity contribution in [3.63, 3.8) is 0 Å². The molecule has 0 unspecified atom stereocenters. The molecule has 0 amide bonds. The Labute approximate surface area is 95.0 Å². The number of fused-ring (bicyclic) bond motifs is 1. The molecular formula is C10H9BrN2O2. The molecule has 0 bridgehead atoms. The number of rotatable bonds is 2. The molecule has 0 fully saturated rings. The molecule has 2 aromatic rings. The third kappa shape index (κ3) is 1.87. The number of para-hydroxylation sites is 1. The van der Waals surface area contributed by atoms with Crippen molar-refractivity contribution in [2.45, 2.75) is 6.54 Å². The number of aromatic nitrogens is 2. The molecule has 0 saturated heterocycles. The lowest BCUT2D eigenvalue weighted by molar-refractivity contribution is -0.141. The average molecular weight is 269 g/mol. The van der Waals surface area contributed by atoms with E-state index < -0.39 is 0 Å². The minimum atomic E-state index is -0.283. The molecule has 0 aliphatic carbocycles. The van der Waals surface area contributed by atoms with Crippen LogP contribution in [0.4, 0.5) is 0 Å². The number of halogens is 1. The molecule has 0 spiro atoms. The van der Waals surface area contributed by atoms with Crippen molar-refractivity contribution in [2.75, 3.05) is 7.11 Å². The van der Waals surface area contributed by atoms with E-state index in [4.69, 9.17) is 0 Å². The zero-order valence-corrected chi connectivity index (χ0v) is 9.69. The first kappa shape index (κ1) is 10.2. The lowest BCUT2D eigenvalue weighted by Gasteiger charge is -2.02. The van der Waals surface area contributed by atoms with Gasteiger partial charge in [0.05, 0.1) is 19.0 Å². The zero-order valence-electron chi connectivity index (χ0n) is 8.11. The lowest BCUT2D eigenvalue weighted by Crippen LogP contribution is -2.10. The first-order chi connectivity index (χ1) is 7.22. The Kier molecular flexibility index (Phi) is 2.73. The predicted molar refractivity (Wildman–Crippen MR) is 59.4 cm³/mol. The molecule has 5 heteroatoms. The van der Waals surface area contributed by atoms with Crippen LogP contribution in [-0.4, -0.2) is 22.6 Å². The number of methoxy groups -OCH3 is 1.